The molecular weight excluding hydrogens is 254 g/mol. The Hall–Kier alpha value is -2.75. The lowest BCUT2D eigenvalue weighted by Crippen LogP contribution is -2.31. The third-order valence-electron chi connectivity index (χ3n) is 3.29. The predicted octanol–water partition coefficient (Wildman–Crippen LogP) is 2.03. The average Bonchev–Trinajstić information content (AvgIpc) is 2.48. The molecule has 4 heteroatoms. The molecule has 0 amide bonds. The van der Waals surface area contributed by atoms with Crippen molar-refractivity contribution < 1.29 is 5.11 Å². The molecule has 0 aliphatic heterocycles. The number of aromatic hydroxyl groups is 1. The SMILES string of the molecule is Cc1cc(-c2ccc(-c3c(O)c(=O)c3=O)cc2)ccn1. The van der Waals surface area contributed by atoms with Crippen LogP contribution in [0.5, 0.6) is 5.75 Å². The van der Waals surface area contributed by atoms with Gasteiger partial charge in [0, 0.05) is 11.9 Å². The summed E-state index contributed by atoms with van der Waals surface area (Å²) in [6.07, 6.45) is 1.74. The Kier molecular flexibility index (Phi) is 2.71. The second-order valence-corrected chi connectivity index (χ2v) is 4.65. The van der Waals surface area contributed by atoms with Gasteiger partial charge >= 0.3 is 0 Å². The fraction of sp³-hybridized carbons (Fsp3) is 0.0625. The highest BCUT2D eigenvalue weighted by Crippen LogP contribution is 2.27. The minimum absolute atomic E-state index is 0.104. The summed E-state index contributed by atoms with van der Waals surface area (Å²) in [6, 6.07) is 11.0. The Bertz CT molecular complexity index is 856. The van der Waals surface area contributed by atoms with E-state index in [4.69, 9.17) is 0 Å². The highest BCUT2D eigenvalue weighted by molar-refractivity contribution is 5.76. The summed E-state index contributed by atoms with van der Waals surface area (Å²) in [5.41, 5.74) is 2.15. The van der Waals surface area contributed by atoms with Crippen molar-refractivity contribution in [2.45, 2.75) is 6.92 Å². The highest BCUT2D eigenvalue weighted by atomic mass is 16.3. The van der Waals surface area contributed by atoms with Gasteiger partial charge in [-0.25, -0.2) is 0 Å². The van der Waals surface area contributed by atoms with Crippen molar-refractivity contribution in [3.63, 3.8) is 0 Å². The lowest BCUT2D eigenvalue weighted by molar-refractivity contribution is 0.465. The zero-order valence-corrected chi connectivity index (χ0v) is 10.8. The van der Waals surface area contributed by atoms with Crippen molar-refractivity contribution in [1.29, 1.82) is 0 Å². The zero-order valence-electron chi connectivity index (χ0n) is 10.8. The minimum atomic E-state index is -0.811. The smallest absolute Gasteiger partial charge is 0.268 e. The van der Waals surface area contributed by atoms with Gasteiger partial charge in [-0.1, -0.05) is 24.3 Å². The Labute approximate surface area is 114 Å². The van der Waals surface area contributed by atoms with Gasteiger partial charge in [0.1, 0.15) is 0 Å². The summed E-state index contributed by atoms with van der Waals surface area (Å²) in [6.45, 7) is 1.92. The Morgan fingerprint density at radius 1 is 0.900 bits per heavy atom. The van der Waals surface area contributed by atoms with Crippen molar-refractivity contribution in [2.75, 3.05) is 0 Å². The standard InChI is InChI=1S/C16H11NO3/c1-9-8-12(6-7-17-9)10-2-4-11(5-3-10)13-14(18)16(20)15(13)19/h2-8,18H,1H3. The predicted molar refractivity (Wildman–Crippen MR) is 76.4 cm³/mol. The molecule has 0 bridgehead atoms. The Morgan fingerprint density at radius 2 is 1.55 bits per heavy atom. The van der Waals surface area contributed by atoms with Gasteiger partial charge in [0.25, 0.3) is 5.43 Å². The molecule has 0 unspecified atom stereocenters. The van der Waals surface area contributed by atoms with Crippen LogP contribution in [0.15, 0.2) is 52.2 Å². The van der Waals surface area contributed by atoms with Crippen molar-refractivity contribution in [3.05, 3.63) is 68.7 Å². The molecule has 2 aromatic carbocycles. The van der Waals surface area contributed by atoms with Crippen LogP contribution in [-0.4, -0.2) is 10.1 Å². The molecule has 0 aliphatic carbocycles. The molecular formula is C16H11NO3. The van der Waals surface area contributed by atoms with E-state index in [1.807, 2.05) is 31.2 Å². The third-order valence-corrected chi connectivity index (χ3v) is 3.29. The Morgan fingerprint density at radius 3 is 2.15 bits per heavy atom. The largest absolute Gasteiger partial charge is 0.503 e. The monoisotopic (exact) mass is 265 g/mol. The van der Waals surface area contributed by atoms with Crippen LogP contribution < -0.4 is 10.9 Å². The van der Waals surface area contributed by atoms with Crippen molar-refractivity contribution in [1.82, 2.24) is 4.98 Å². The second kappa shape index (κ2) is 4.42. The maximum atomic E-state index is 11.4. The van der Waals surface area contributed by atoms with Gasteiger partial charge in [0.15, 0.2) is 5.75 Å². The molecule has 0 radical (unpaired) electrons. The van der Waals surface area contributed by atoms with Gasteiger partial charge in [-0.15, -0.1) is 0 Å². The van der Waals surface area contributed by atoms with Gasteiger partial charge in [-0.05, 0) is 35.7 Å². The van der Waals surface area contributed by atoms with E-state index in [0.717, 1.165) is 16.8 Å². The number of aromatic nitrogens is 1. The average molecular weight is 265 g/mol. The fourth-order valence-electron chi connectivity index (χ4n) is 2.20. The second-order valence-electron chi connectivity index (χ2n) is 4.65. The summed E-state index contributed by atoms with van der Waals surface area (Å²) in [5.74, 6) is -0.442. The lowest BCUT2D eigenvalue weighted by Gasteiger charge is -2.07. The maximum Gasteiger partial charge on any atom is 0.268 e. The van der Waals surface area contributed by atoms with Gasteiger partial charge < -0.3 is 5.11 Å². The summed E-state index contributed by atoms with van der Waals surface area (Å²) < 4.78 is 0. The summed E-state index contributed by atoms with van der Waals surface area (Å²) in [4.78, 5) is 26.5. The van der Waals surface area contributed by atoms with E-state index < -0.39 is 16.6 Å². The van der Waals surface area contributed by atoms with E-state index in [-0.39, 0.29) is 5.56 Å². The first-order valence-electron chi connectivity index (χ1n) is 6.13. The maximum absolute atomic E-state index is 11.4. The van der Waals surface area contributed by atoms with E-state index in [1.54, 1.807) is 18.3 Å². The van der Waals surface area contributed by atoms with E-state index >= 15 is 0 Å². The van der Waals surface area contributed by atoms with Crippen LogP contribution in [0, 0.1) is 6.92 Å². The van der Waals surface area contributed by atoms with Crippen LogP contribution >= 0.6 is 0 Å². The van der Waals surface area contributed by atoms with E-state index in [0.29, 0.717) is 5.56 Å². The molecule has 3 rings (SSSR count). The molecule has 0 spiro atoms. The number of hydrogen-bond acceptors (Lipinski definition) is 4. The first-order valence-corrected chi connectivity index (χ1v) is 6.13. The van der Waals surface area contributed by atoms with Crippen molar-refractivity contribution in [2.24, 2.45) is 0 Å². The first kappa shape index (κ1) is 12.3. The van der Waals surface area contributed by atoms with Gasteiger partial charge in [0.05, 0.1) is 5.56 Å². The molecule has 4 nitrogen and oxygen atoms in total. The number of aryl methyl sites for hydroxylation is 1. The molecule has 3 aromatic rings. The molecule has 0 atom stereocenters. The first-order chi connectivity index (χ1) is 9.58. The quantitative estimate of drug-likeness (QED) is 0.720. The fourth-order valence-corrected chi connectivity index (χ4v) is 2.20. The van der Waals surface area contributed by atoms with E-state index in [2.05, 4.69) is 4.98 Å². The van der Waals surface area contributed by atoms with Crippen LogP contribution in [0.1, 0.15) is 5.69 Å². The zero-order chi connectivity index (χ0) is 14.3. The van der Waals surface area contributed by atoms with Gasteiger partial charge in [-0.3, -0.25) is 14.6 Å². The third kappa shape index (κ3) is 1.82. The molecule has 1 heterocycles. The molecule has 0 aliphatic rings. The molecule has 1 aromatic heterocycles. The van der Waals surface area contributed by atoms with E-state index in [9.17, 15) is 14.7 Å². The van der Waals surface area contributed by atoms with Crippen LogP contribution in [0.4, 0.5) is 0 Å². The number of benzene rings is 1. The highest BCUT2D eigenvalue weighted by Gasteiger charge is 2.21. The normalized spacial score (nSPS) is 10.8. The van der Waals surface area contributed by atoms with Crippen LogP contribution in [0.2, 0.25) is 0 Å². The number of nitrogens with zero attached hydrogens (tertiary/aromatic N) is 1. The summed E-state index contributed by atoms with van der Waals surface area (Å²) >= 11 is 0. The van der Waals surface area contributed by atoms with E-state index in [1.165, 1.54) is 0 Å². The summed E-state index contributed by atoms with van der Waals surface area (Å²) in [7, 11) is 0. The molecule has 98 valence electrons. The summed E-state index contributed by atoms with van der Waals surface area (Å²) in [5, 5.41) is 9.42. The Balaban J connectivity index is 2.01. The van der Waals surface area contributed by atoms with Crippen molar-refractivity contribution >= 4 is 0 Å². The molecule has 0 saturated carbocycles. The number of rotatable bonds is 2. The topological polar surface area (TPSA) is 67.3 Å². The molecule has 0 fully saturated rings. The van der Waals surface area contributed by atoms with Crippen LogP contribution in [0.25, 0.3) is 22.3 Å². The van der Waals surface area contributed by atoms with Gasteiger partial charge in [0.2, 0.25) is 5.43 Å². The van der Waals surface area contributed by atoms with Crippen LogP contribution in [-0.2, 0) is 0 Å². The number of hydrogen-bond donors (Lipinski definition) is 1. The lowest BCUT2D eigenvalue weighted by atomic mass is 9.97. The van der Waals surface area contributed by atoms with Crippen LogP contribution in [0.3, 0.4) is 0 Å². The molecule has 0 saturated heterocycles. The van der Waals surface area contributed by atoms with Crippen molar-refractivity contribution in [3.8, 4) is 28.0 Å². The molecule has 20 heavy (non-hydrogen) atoms. The van der Waals surface area contributed by atoms with Gasteiger partial charge in [-0.2, -0.15) is 0 Å². The number of pyridine rings is 1. The minimum Gasteiger partial charge on any atom is -0.503 e. The molecule has 1 N–H and O–H groups in total.